The molecule has 0 unspecified atom stereocenters. The molecular formula is C16H18O4S. The van der Waals surface area contributed by atoms with E-state index in [0.717, 1.165) is 5.56 Å². The van der Waals surface area contributed by atoms with Crippen LogP contribution in [0.3, 0.4) is 0 Å². The van der Waals surface area contributed by atoms with Crippen molar-refractivity contribution in [3.8, 4) is 11.5 Å². The minimum absolute atomic E-state index is 0.00546. The van der Waals surface area contributed by atoms with Crippen molar-refractivity contribution >= 4 is 9.84 Å². The van der Waals surface area contributed by atoms with Crippen LogP contribution >= 0.6 is 0 Å². The first-order valence-corrected chi connectivity index (χ1v) is 7.99. The second kappa shape index (κ2) is 5.07. The Morgan fingerprint density at radius 2 is 1.43 bits per heavy atom. The summed E-state index contributed by atoms with van der Waals surface area (Å²) in [5.41, 5.74) is 2.14. The van der Waals surface area contributed by atoms with Gasteiger partial charge in [0.25, 0.3) is 0 Å². The molecule has 2 rings (SSSR count). The van der Waals surface area contributed by atoms with Crippen LogP contribution in [0.25, 0.3) is 0 Å². The number of phenolic OH excluding ortho intramolecular Hbond substituents is 2. The normalized spacial score (nSPS) is 11.6. The first-order valence-electron chi connectivity index (χ1n) is 6.50. The molecular weight excluding hydrogens is 288 g/mol. The standard InChI is InChI=1S/C16H18O4S/c1-9-7-11(3)16(18)14(8-9)21(19,20)13-6-5-10(2)15(17)12(13)4/h5-8,17-18H,1-4H3. The summed E-state index contributed by atoms with van der Waals surface area (Å²) in [5, 5.41) is 20.0. The second-order valence-electron chi connectivity index (χ2n) is 5.29. The average molecular weight is 306 g/mol. The molecule has 5 heteroatoms. The number of hydrogen-bond donors (Lipinski definition) is 2. The molecule has 0 saturated heterocycles. The van der Waals surface area contributed by atoms with Gasteiger partial charge in [-0.15, -0.1) is 0 Å². The molecule has 0 aliphatic carbocycles. The lowest BCUT2D eigenvalue weighted by atomic mass is 10.1. The monoisotopic (exact) mass is 306 g/mol. The third-order valence-corrected chi connectivity index (χ3v) is 5.48. The molecule has 0 saturated carbocycles. The smallest absolute Gasteiger partial charge is 0.210 e. The minimum atomic E-state index is -3.89. The van der Waals surface area contributed by atoms with Crippen LogP contribution in [0.2, 0.25) is 0 Å². The first kappa shape index (κ1) is 15.4. The largest absolute Gasteiger partial charge is 0.507 e. The third kappa shape index (κ3) is 2.49. The number of benzene rings is 2. The van der Waals surface area contributed by atoms with Gasteiger partial charge < -0.3 is 10.2 Å². The van der Waals surface area contributed by atoms with Gasteiger partial charge in [-0.3, -0.25) is 0 Å². The number of rotatable bonds is 2. The molecule has 0 radical (unpaired) electrons. The van der Waals surface area contributed by atoms with Crippen molar-refractivity contribution in [1.29, 1.82) is 0 Å². The first-order chi connectivity index (χ1) is 9.66. The molecule has 0 aliphatic rings. The molecule has 0 bridgehead atoms. The van der Waals surface area contributed by atoms with Crippen molar-refractivity contribution in [3.63, 3.8) is 0 Å². The summed E-state index contributed by atoms with van der Waals surface area (Å²) in [7, 11) is -3.89. The Hall–Kier alpha value is -2.01. The quantitative estimate of drug-likeness (QED) is 0.893. The van der Waals surface area contributed by atoms with Gasteiger partial charge in [-0.1, -0.05) is 12.1 Å². The van der Waals surface area contributed by atoms with Crippen LogP contribution in [0.1, 0.15) is 22.3 Å². The van der Waals surface area contributed by atoms with Gasteiger partial charge in [-0.25, -0.2) is 8.42 Å². The van der Waals surface area contributed by atoms with Crippen LogP contribution in [0.4, 0.5) is 0 Å². The van der Waals surface area contributed by atoms with E-state index < -0.39 is 9.84 Å². The topological polar surface area (TPSA) is 74.6 Å². The maximum atomic E-state index is 12.8. The molecule has 112 valence electrons. The SMILES string of the molecule is Cc1cc(C)c(O)c(S(=O)(=O)c2ccc(C)c(O)c2C)c1. The highest BCUT2D eigenvalue weighted by molar-refractivity contribution is 7.91. The van der Waals surface area contributed by atoms with E-state index >= 15 is 0 Å². The Balaban J connectivity index is 2.78. The fourth-order valence-electron chi connectivity index (χ4n) is 2.35. The lowest BCUT2D eigenvalue weighted by Crippen LogP contribution is -2.06. The molecule has 2 N–H and O–H groups in total. The highest BCUT2D eigenvalue weighted by Crippen LogP contribution is 2.36. The van der Waals surface area contributed by atoms with Crippen LogP contribution in [0, 0.1) is 27.7 Å². The zero-order valence-electron chi connectivity index (χ0n) is 12.4. The van der Waals surface area contributed by atoms with E-state index in [-0.39, 0.29) is 26.9 Å². The van der Waals surface area contributed by atoms with Crippen LogP contribution in [-0.4, -0.2) is 18.6 Å². The Morgan fingerprint density at radius 3 is 2.05 bits per heavy atom. The van der Waals surface area contributed by atoms with Crippen molar-refractivity contribution in [2.24, 2.45) is 0 Å². The highest BCUT2D eigenvalue weighted by atomic mass is 32.2. The maximum Gasteiger partial charge on any atom is 0.210 e. The predicted octanol–water partition coefficient (Wildman–Crippen LogP) is 3.16. The molecule has 0 aliphatic heterocycles. The van der Waals surface area contributed by atoms with Gasteiger partial charge in [0.1, 0.15) is 16.4 Å². The summed E-state index contributed by atoms with van der Waals surface area (Å²) in [5.74, 6) is -0.292. The van der Waals surface area contributed by atoms with Crippen LogP contribution in [0.15, 0.2) is 34.1 Å². The molecule has 2 aromatic rings. The summed E-state index contributed by atoms with van der Waals surface area (Å²) < 4.78 is 25.5. The van der Waals surface area contributed by atoms with Gasteiger partial charge in [0, 0.05) is 5.56 Å². The Bertz CT molecular complexity index is 821. The van der Waals surface area contributed by atoms with Crippen molar-refractivity contribution in [3.05, 3.63) is 46.5 Å². The van der Waals surface area contributed by atoms with Gasteiger partial charge in [-0.05, 0) is 56.5 Å². The van der Waals surface area contributed by atoms with Crippen molar-refractivity contribution < 1.29 is 18.6 Å². The number of sulfone groups is 1. The number of aromatic hydroxyl groups is 2. The lowest BCUT2D eigenvalue weighted by molar-refractivity contribution is 0.453. The van der Waals surface area contributed by atoms with E-state index in [1.54, 1.807) is 39.8 Å². The van der Waals surface area contributed by atoms with Crippen LogP contribution in [0.5, 0.6) is 11.5 Å². The van der Waals surface area contributed by atoms with Crippen LogP contribution < -0.4 is 0 Å². The van der Waals surface area contributed by atoms with Crippen molar-refractivity contribution in [2.45, 2.75) is 37.5 Å². The zero-order valence-corrected chi connectivity index (χ0v) is 13.2. The van der Waals surface area contributed by atoms with Gasteiger partial charge in [-0.2, -0.15) is 0 Å². The Labute approximate surface area is 124 Å². The van der Waals surface area contributed by atoms with E-state index in [1.807, 2.05) is 0 Å². The summed E-state index contributed by atoms with van der Waals surface area (Å²) in [4.78, 5) is -0.128. The van der Waals surface area contributed by atoms with Crippen molar-refractivity contribution in [1.82, 2.24) is 0 Å². The number of phenols is 2. The summed E-state index contributed by atoms with van der Waals surface area (Å²) in [6.07, 6.45) is 0. The highest BCUT2D eigenvalue weighted by Gasteiger charge is 2.26. The molecule has 21 heavy (non-hydrogen) atoms. The molecule has 4 nitrogen and oxygen atoms in total. The Kier molecular flexibility index (Phi) is 3.72. The molecule has 2 aromatic carbocycles. The summed E-state index contributed by atoms with van der Waals surface area (Å²) in [6, 6.07) is 6.16. The minimum Gasteiger partial charge on any atom is -0.507 e. The maximum absolute atomic E-state index is 12.8. The predicted molar refractivity (Wildman–Crippen MR) is 80.6 cm³/mol. The fraction of sp³-hybridized carbons (Fsp3) is 0.250. The molecule has 0 spiro atoms. The van der Waals surface area contributed by atoms with Crippen molar-refractivity contribution in [2.75, 3.05) is 0 Å². The summed E-state index contributed by atoms with van der Waals surface area (Å²) >= 11 is 0. The summed E-state index contributed by atoms with van der Waals surface area (Å²) in [6.45, 7) is 6.67. The Morgan fingerprint density at radius 1 is 0.810 bits per heavy atom. The van der Waals surface area contributed by atoms with Gasteiger partial charge in [0.2, 0.25) is 9.84 Å². The third-order valence-electron chi connectivity index (χ3n) is 3.57. The van der Waals surface area contributed by atoms with Crippen LogP contribution in [-0.2, 0) is 9.84 Å². The molecule has 0 amide bonds. The van der Waals surface area contributed by atoms with E-state index in [2.05, 4.69) is 0 Å². The van der Waals surface area contributed by atoms with Gasteiger partial charge >= 0.3 is 0 Å². The average Bonchev–Trinajstić information content (AvgIpc) is 2.39. The number of aryl methyl sites for hydroxylation is 3. The fourth-order valence-corrected chi connectivity index (χ4v) is 4.09. The van der Waals surface area contributed by atoms with Gasteiger partial charge in [0.05, 0.1) is 4.90 Å². The van der Waals surface area contributed by atoms with E-state index in [9.17, 15) is 18.6 Å². The zero-order chi connectivity index (χ0) is 15.9. The second-order valence-corrected chi connectivity index (χ2v) is 7.17. The molecule has 0 heterocycles. The number of hydrogen-bond acceptors (Lipinski definition) is 4. The van der Waals surface area contributed by atoms with E-state index in [4.69, 9.17) is 0 Å². The molecule has 0 aromatic heterocycles. The van der Waals surface area contributed by atoms with E-state index in [0.29, 0.717) is 11.1 Å². The van der Waals surface area contributed by atoms with E-state index in [1.165, 1.54) is 12.1 Å². The molecule has 0 fully saturated rings. The molecule has 0 atom stereocenters. The van der Waals surface area contributed by atoms with Gasteiger partial charge in [0.15, 0.2) is 0 Å². The lowest BCUT2D eigenvalue weighted by Gasteiger charge is -2.13.